The fraction of sp³-hybridized carbons (Fsp3) is 0.500. The summed E-state index contributed by atoms with van der Waals surface area (Å²) in [6, 6.07) is 0. The Kier molecular flexibility index (Phi) is 6.20. The number of esters is 1. The van der Waals surface area contributed by atoms with Crippen molar-refractivity contribution in [3.8, 4) is 0 Å². The van der Waals surface area contributed by atoms with Crippen LogP contribution in [-0.2, 0) is 14.3 Å². The summed E-state index contributed by atoms with van der Waals surface area (Å²) in [6.07, 6.45) is 1.73. The van der Waals surface area contributed by atoms with Crippen molar-refractivity contribution in [2.75, 3.05) is 14.1 Å². The van der Waals surface area contributed by atoms with E-state index in [2.05, 4.69) is 6.58 Å². The Balaban J connectivity index is 4.61. The first-order valence-corrected chi connectivity index (χ1v) is 5.34. The molecule has 1 amide bonds. The third-order valence-electron chi connectivity index (χ3n) is 2.20. The lowest BCUT2D eigenvalue weighted by Gasteiger charge is -2.22. The predicted molar refractivity (Wildman–Crippen MR) is 65.9 cm³/mol. The lowest BCUT2D eigenvalue weighted by Crippen LogP contribution is -2.32. The van der Waals surface area contributed by atoms with Gasteiger partial charge in [0.2, 0.25) is 5.91 Å². The molecule has 0 saturated carbocycles. The minimum absolute atomic E-state index is 0.0809. The maximum absolute atomic E-state index is 11.7. The molecule has 0 aliphatic heterocycles. The van der Waals surface area contributed by atoms with Crippen molar-refractivity contribution in [1.82, 2.24) is 4.90 Å². The number of rotatable bonds is 6. The minimum Gasteiger partial charge on any atom is -0.443 e. The van der Waals surface area contributed by atoms with Crippen LogP contribution >= 0.6 is 0 Å². The van der Waals surface area contributed by atoms with E-state index in [4.69, 9.17) is 10.5 Å². The van der Waals surface area contributed by atoms with Gasteiger partial charge in [-0.15, -0.1) is 0 Å². The highest BCUT2D eigenvalue weighted by Gasteiger charge is 2.16. The van der Waals surface area contributed by atoms with E-state index in [1.165, 1.54) is 6.08 Å². The van der Waals surface area contributed by atoms with Gasteiger partial charge in [-0.1, -0.05) is 13.5 Å². The Hall–Kier alpha value is -1.62. The van der Waals surface area contributed by atoms with Crippen LogP contribution in [0.2, 0.25) is 0 Å². The Morgan fingerprint density at radius 1 is 1.47 bits per heavy atom. The molecule has 5 heteroatoms. The molecule has 0 saturated heterocycles. The van der Waals surface area contributed by atoms with Gasteiger partial charge in [-0.05, 0) is 33.5 Å². The number of nitrogens with two attached hydrogens (primary N) is 1. The van der Waals surface area contributed by atoms with E-state index in [9.17, 15) is 9.59 Å². The molecule has 0 heterocycles. The van der Waals surface area contributed by atoms with E-state index in [1.807, 2.05) is 21.0 Å². The van der Waals surface area contributed by atoms with Crippen molar-refractivity contribution in [2.45, 2.75) is 26.5 Å². The Bertz CT molecular complexity index is 346. The molecule has 2 N–H and O–H groups in total. The van der Waals surface area contributed by atoms with Gasteiger partial charge in [0.25, 0.3) is 0 Å². The van der Waals surface area contributed by atoms with Crippen LogP contribution in [0.3, 0.4) is 0 Å². The highest BCUT2D eigenvalue weighted by Crippen LogP contribution is 2.08. The first-order chi connectivity index (χ1) is 7.79. The average molecular weight is 240 g/mol. The highest BCUT2D eigenvalue weighted by molar-refractivity contribution is 5.97. The van der Waals surface area contributed by atoms with Crippen LogP contribution in [0.15, 0.2) is 23.8 Å². The minimum atomic E-state index is -0.656. The molecular formula is C12H20N2O3. The molecule has 0 fully saturated rings. The van der Waals surface area contributed by atoms with Gasteiger partial charge >= 0.3 is 5.97 Å². The quantitative estimate of drug-likeness (QED) is 0.323. The Morgan fingerprint density at radius 3 is 2.35 bits per heavy atom. The molecular weight excluding hydrogens is 220 g/mol. The molecule has 0 radical (unpaired) electrons. The SMILES string of the molecule is C=C(/C=C(\C)C(=O)OC(CC)N(C)C)C(N)=O. The maximum atomic E-state index is 11.7. The molecule has 0 aromatic carbocycles. The zero-order chi connectivity index (χ0) is 13.6. The molecule has 0 aliphatic rings. The van der Waals surface area contributed by atoms with Crippen LogP contribution in [0.5, 0.6) is 0 Å². The van der Waals surface area contributed by atoms with Crippen LogP contribution in [0.1, 0.15) is 20.3 Å². The smallest absolute Gasteiger partial charge is 0.335 e. The first kappa shape index (κ1) is 15.4. The van der Waals surface area contributed by atoms with E-state index in [0.29, 0.717) is 12.0 Å². The van der Waals surface area contributed by atoms with Crippen molar-refractivity contribution in [2.24, 2.45) is 5.73 Å². The summed E-state index contributed by atoms with van der Waals surface area (Å²) in [4.78, 5) is 24.2. The lowest BCUT2D eigenvalue weighted by atomic mass is 10.2. The monoisotopic (exact) mass is 240 g/mol. The van der Waals surface area contributed by atoms with Gasteiger partial charge in [-0.3, -0.25) is 9.69 Å². The Labute approximate surface area is 102 Å². The van der Waals surface area contributed by atoms with Crippen molar-refractivity contribution >= 4 is 11.9 Å². The number of hydrogen-bond donors (Lipinski definition) is 1. The molecule has 0 aromatic heterocycles. The topological polar surface area (TPSA) is 72.6 Å². The van der Waals surface area contributed by atoms with Crippen molar-refractivity contribution in [3.05, 3.63) is 23.8 Å². The molecule has 0 aromatic rings. The predicted octanol–water partition coefficient (Wildman–Crippen LogP) is 0.815. The zero-order valence-electron chi connectivity index (χ0n) is 10.8. The van der Waals surface area contributed by atoms with Gasteiger partial charge < -0.3 is 10.5 Å². The van der Waals surface area contributed by atoms with E-state index >= 15 is 0 Å². The maximum Gasteiger partial charge on any atom is 0.335 e. The first-order valence-electron chi connectivity index (χ1n) is 5.34. The molecule has 1 unspecified atom stereocenters. The third kappa shape index (κ3) is 5.31. The van der Waals surface area contributed by atoms with Crippen LogP contribution in [0.4, 0.5) is 0 Å². The molecule has 0 spiro atoms. The second-order valence-corrected chi connectivity index (χ2v) is 3.95. The van der Waals surface area contributed by atoms with E-state index in [1.54, 1.807) is 11.8 Å². The normalized spacial score (nSPS) is 13.4. The van der Waals surface area contributed by atoms with Crippen molar-refractivity contribution in [1.29, 1.82) is 0 Å². The average Bonchev–Trinajstić information content (AvgIpc) is 2.24. The molecule has 0 rings (SSSR count). The van der Waals surface area contributed by atoms with Crippen LogP contribution in [-0.4, -0.2) is 37.1 Å². The standard InChI is InChI=1S/C12H20N2O3/c1-6-10(14(4)5)17-12(16)9(3)7-8(2)11(13)15/h7,10H,2,6H2,1,3-5H3,(H2,13,15)/b9-7+. The second kappa shape index (κ2) is 6.85. The van der Waals surface area contributed by atoms with Crippen LogP contribution in [0.25, 0.3) is 0 Å². The fourth-order valence-electron chi connectivity index (χ4n) is 1.16. The second-order valence-electron chi connectivity index (χ2n) is 3.95. The van der Waals surface area contributed by atoms with Crippen molar-refractivity contribution < 1.29 is 14.3 Å². The zero-order valence-corrected chi connectivity index (χ0v) is 10.8. The van der Waals surface area contributed by atoms with Crippen LogP contribution < -0.4 is 5.73 Å². The van der Waals surface area contributed by atoms with Gasteiger partial charge in [0.05, 0.1) is 0 Å². The lowest BCUT2D eigenvalue weighted by molar-refractivity contribution is -0.152. The number of amides is 1. The summed E-state index contributed by atoms with van der Waals surface area (Å²) >= 11 is 0. The number of ether oxygens (including phenoxy) is 1. The summed E-state index contributed by atoms with van der Waals surface area (Å²) in [7, 11) is 3.64. The highest BCUT2D eigenvalue weighted by atomic mass is 16.6. The summed E-state index contributed by atoms with van der Waals surface area (Å²) < 4.78 is 5.23. The molecule has 96 valence electrons. The number of nitrogens with zero attached hydrogens (tertiary/aromatic N) is 1. The van der Waals surface area contributed by atoms with Gasteiger partial charge in [0.1, 0.15) is 0 Å². The van der Waals surface area contributed by atoms with E-state index < -0.39 is 11.9 Å². The fourth-order valence-corrected chi connectivity index (χ4v) is 1.16. The number of carbonyl (C=O) groups is 2. The molecule has 0 bridgehead atoms. The largest absolute Gasteiger partial charge is 0.443 e. The Morgan fingerprint density at radius 2 is 2.00 bits per heavy atom. The van der Waals surface area contributed by atoms with Gasteiger partial charge in [0, 0.05) is 11.1 Å². The van der Waals surface area contributed by atoms with Gasteiger partial charge in [-0.25, -0.2) is 4.79 Å². The third-order valence-corrected chi connectivity index (χ3v) is 2.20. The summed E-state index contributed by atoms with van der Waals surface area (Å²) in [5.41, 5.74) is 5.40. The van der Waals surface area contributed by atoms with E-state index in [-0.39, 0.29) is 11.8 Å². The van der Waals surface area contributed by atoms with Crippen LogP contribution in [0, 0.1) is 0 Å². The summed E-state index contributed by atoms with van der Waals surface area (Å²) in [5.74, 6) is -1.13. The molecule has 5 nitrogen and oxygen atoms in total. The van der Waals surface area contributed by atoms with Crippen molar-refractivity contribution in [3.63, 3.8) is 0 Å². The number of carbonyl (C=O) groups excluding carboxylic acids is 2. The molecule has 0 aliphatic carbocycles. The molecule has 17 heavy (non-hydrogen) atoms. The number of hydrogen-bond acceptors (Lipinski definition) is 4. The number of primary amides is 1. The van der Waals surface area contributed by atoms with Gasteiger partial charge in [0.15, 0.2) is 6.23 Å². The van der Waals surface area contributed by atoms with Gasteiger partial charge in [-0.2, -0.15) is 0 Å². The van der Waals surface area contributed by atoms with E-state index in [0.717, 1.165) is 0 Å². The summed E-state index contributed by atoms with van der Waals surface area (Å²) in [6.45, 7) is 6.91. The molecule has 1 atom stereocenters. The summed E-state index contributed by atoms with van der Waals surface area (Å²) in [5, 5.41) is 0.